The van der Waals surface area contributed by atoms with Crippen LogP contribution in [0.2, 0.25) is 5.02 Å². The Labute approximate surface area is 157 Å². The van der Waals surface area contributed by atoms with Gasteiger partial charge in [-0.1, -0.05) is 35.9 Å². The zero-order valence-corrected chi connectivity index (χ0v) is 15.2. The van der Waals surface area contributed by atoms with Crippen LogP contribution in [0.25, 0.3) is 0 Å². The molecule has 4 N–H and O–H groups in total. The van der Waals surface area contributed by atoms with E-state index in [1.807, 2.05) is 24.3 Å². The Kier molecular flexibility index (Phi) is 5.91. The summed E-state index contributed by atoms with van der Waals surface area (Å²) in [6.07, 6.45) is 2.94. The molecule has 0 aliphatic heterocycles. The average molecular weight is 372 g/mol. The van der Waals surface area contributed by atoms with Crippen LogP contribution in [0.3, 0.4) is 0 Å². The Morgan fingerprint density at radius 1 is 1.04 bits per heavy atom. The van der Waals surface area contributed by atoms with Crippen LogP contribution in [-0.2, 0) is 22.4 Å². The molecule has 1 aliphatic rings. The number of amides is 2. The quantitative estimate of drug-likeness (QED) is 0.697. The molecule has 1 saturated carbocycles. The lowest BCUT2D eigenvalue weighted by molar-refractivity contribution is -0.117. The number of rotatable bonds is 7. The van der Waals surface area contributed by atoms with Crippen molar-refractivity contribution in [1.82, 2.24) is 0 Å². The summed E-state index contributed by atoms with van der Waals surface area (Å²) in [5, 5.41) is 6.12. The van der Waals surface area contributed by atoms with Crippen LogP contribution in [0.1, 0.15) is 24.0 Å². The predicted molar refractivity (Wildman–Crippen MR) is 104 cm³/mol. The Morgan fingerprint density at radius 2 is 1.73 bits per heavy atom. The zero-order valence-electron chi connectivity index (χ0n) is 14.4. The molecule has 2 aromatic carbocycles. The normalized spacial score (nSPS) is 13.3. The van der Waals surface area contributed by atoms with Gasteiger partial charge >= 0.3 is 0 Å². The van der Waals surface area contributed by atoms with Gasteiger partial charge in [0, 0.05) is 11.6 Å². The van der Waals surface area contributed by atoms with Gasteiger partial charge in [0.25, 0.3) is 0 Å². The molecule has 0 unspecified atom stereocenters. The van der Waals surface area contributed by atoms with E-state index < -0.39 is 0 Å². The molecule has 26 heavy (non-hydrogen) atoms. The first kappa shape index (κ1) is 18.4. The monoisotopic (exact) mass is 371 g/mol. The number of anilines is 2. The summed E-state index contributed by atoms with van der Waals surface area (Å²) in [5.74, 6) is -0.0575. The van der Waals surface area contributed by atoms with Crippen molar-refractivity contribution in [2.75, 3.05) is 17.2 Å². The highest BCUT2D eigenvalue weighted by Gasteiger charge is 2.29. The van der Waals surface area contributed by atoms with Crippen LogP contribution >= 0.6 is 11.6 Å². The Morgan fingerprint density at radius 3 is 2.38 bits per heavy atom. The number of nitrogens with two attached hydrogens (primary N) is 1. The zero-order chi connectivity index (χ0) is 18.5. The highest BCUT2D eigenvalue weighted by atomic mass is 35.5. The van der Waals surface area contributed by atoms with Gasteiger partial charge in [-0.25, -0.2) is 0 Å². The Bertz CT molecular complexity index is 801. The maximum absolute atomic E-state index is 12.3. The number of halogens is 1. The van der Waals surface area contributed by atoms with Gasteiger partial charge in [-0.3, -0.25) is 9.59 Å². The molecule has 2 amide bonds. The van der Waals surface area contributed by atoms with E-state index in [4.69, 9.17) is 17.3 Å². The number of carbonyl (C=O) groups is 2. The molecule has 0 bridgehead atoms. The molecule has 0 saturated heterocycles. The molecule has 2 aromatic rings. The first-order chi connectivity index (χ1) is 12.5. The second kappa shape index (κ2) is 8.34. The van der Waals surface area contributed by atoms with Gasteiger partial charge in [0.1, 0.15) is 0 Å². The van der Waals surface area contributed by atoms with Crippen LogP contribution in [-0.4, -0.2) is 18.4 Å². The predicted octanol–water partition coefficient (Wildman–Crippen LogP) is 3.37. The molecule has 5 nitrogen and oxygen atoms in total. The van der Waals surface area contributed by atoms with Gasteiger partial charge in [0.2, 0.25) is 11.8 Å². The van der Waals surface area contributed by atoms with E-state index in [2.05, 4.69) is 10.6 Å². The summed E-state index contributed by atoms with van der Waals surface area (Å²) in [5.41, 5.74) is 8.75. The summed E-state index contributed by atoms with van der Waals surface area (Å²) in [6, 6.07) is 12.9. The Hall–Kier alpha value is -2.37. The van der Waals surface area contributed by atoms with E-state index in [1.54, 1.807) is 18.2 Å². The maximum atomic E-state index is 12.3. The van der Waals surface area contributed by atoms with Gasteiger partial charge in [-0.05, 0) is 55.1 Å². The van der Waals surface area contributed by atoms with Gasteiger partial charge < -0.3 is 16.4 Å². The lowest BCUT2D eigenvalue weighted by Gasteiger charge is -2.11. The van der Waals surface area contributed by atoms with Crippen LogP contribution in [0.5, 0.6) is 0 Å². The molecular weight excluding hydrogens is 350 g/mol. The summed E-state index contributed by atoms with van der Waals surface area (Å²) < 4.78 is 0. The van der Waals surface area contributed by atoms with Gasteiger partial charge in [0.15, 0.2) is 0 Å². The smallest absolute Gasteiger partial charge is 0.228 e. The highest BCUT2D eigenvalue weighted by molar-refractivity contribution is 6.33. The fraction of sp³-hybridized carbons (Fsp3) is 0.300. The van der Waals surface area contributed by atoms with Crippen molar-refractivity contribution in [3.05, 3.63) is 58.6 Å². The van der Waals surface area contributed by atoms with E-state index in [0.717, 1.165) is 30.4 Å². The SMILES string of the molecule is NCCc1ccc(CC(=O)Nc2ccc(Cl)c(NC(=O)C3CC3)c2)cc1. The average Bonchev–Trinajstić information content (AvgIpc) is 3.45. The third kappa shape index (κ3) is 5.07. The van der Waals surface area contributed by atoms with Crippen LogP contribution in [0.15, 0.2) is 42.5 Å². The molecule has 1 fully saturated rings. The lowest BCUT2D eigenvalue weighted by atomic mass is 10.1. The van der Waals surface area contributed by atoms with Crippen molar-refractivity contribution >= 4 is 34.8 Å². The summed E-state index contributed by atoms with van der Waals surface area (Å²) in [6.45, 7) is 0.607. The molecule has 1 aliphatic carbocycles. The fourth-order valence-corrected chi connectivity index (χ4v) is 2.82. The minimum atomic E-state index is -0.127. The van der Waals surface area contributed by atoms with Crippen molar-refractivity contribution in [1.29, 1.82) is 0 Å². The van der Waals surface area contributed by atoms with E-state index in [9.17, 15) is 9.59 Å². The maximum Gasteiger partial charge on any atom is 0.228 e. The van der Waals surface area contributed by atoms with Crippen molar-refractivity contribution in [2.24, 2.45) is 11.7 Å². The largest absolute Gasteiger partial charge is 0.330 e. The lowest BCUT2D eigenvalue weighted by Crippen LogP contribution is -2.16. The van der Waals surface area contributed by atoms with Crippen molar-refractivity contribution in [3.63, 3.8) is 0 Å². The molecule has 0 atom stereocenters. The van der Waals surface area contributed by atoms with E-state index >= 15 is 0 Å². The van der Waals surface area contributed by atoms with Crippen molar-refractivity contribution in [3.8, 4) is 0 Å². The number of hydrogen-bond donors (Lipinski definition) is 3. The standard InChI is InChI=1S/C20H22ClN3O2/c21-17-8-7-16(12-18(17)24-20(26)15-5-6-15)23-19(25)11-14-3-1-13(2-4-14)9-10-22/h1-4,7-8,12,15H,5-6,9-11,22H2,(H,23,25)(H,24,26). The Balaban J connectivity index is 1.60. The van der Waals surface area contributed by atoms with Crippen LogP contribution < -0.4 is 16.4 Å². The first-order valence-corrected chi connectivity index (χ1v) is 9.11. The molecular formula is C20H22ClN3O2. The fourth-order valence-electron chi connectivity index (χ4n) is 2.66. The topological polar surface area (TPSA) is 84.2 Å². The van der Waals surface area contributed by atoms with Crippen molar-refractivity contribution in [2.45, 2.75) is 25.7 Å². The minimum absolute atomic E-state index is 0.0204. The number of benzene rings is 2. The molecule has 0 aromatic heterocycles. The van der Waals surface area contributed by atoms with E-state index in [1.165, 1.54) is 0 Å². The molecule has 6 heteroatoms. The molecule has 0 spiro atoms. The van der Waals surface area contributed by atoms with Gasteiger partial charge in [-0.15, -0.1) is 0 Å². The molecule has 0 radical (unpaired) electrons. The van der Waals surface area contributed by atoms with Gasteiger partial charge in [0.05, 0.1) is 17.1 Å². The summed E-state index contributed by atoms with van der Waals surface area (Å²) in [4.78, 5) is 24.2. The second-order valence-corrected chi connectivity index (χ2v) is 6.95. The van der Waals surface area contributed by atoms with E-state index in [-0.39, 0.29) is 24.2 Å². The minimum Gasteiger partial charge on any atom is -0.330 e. The number of hydrogen-bond acceptors (Lipinski definition) is 3. The molecule has 136 valence electrons. The third-order valence-corrected chi connectivity index (χ3v) is 4.61. The number of nitrogens with one attached hydrogen (secondary N) is 2. The molecule has 3 rings (SSSR count). The molecule has 0 heterocycles. The third-order valence-electron chi connectivity index (χ3n) is 4.28. The number of carbonyl (C=O) groups excluding carboxylic acids is 2. The van der Waals surface area contributed by atoms with E-state index in [0.29, 0.717) is 22.9 Å². The first-order valence-electron chi connectivity index (χ1n) is 8.73. The summed E-state index contributed by atoms with van der Waals surface area (Å²) in [7, 11) is 0. The second-order valence-electron chi connectivity index (χ2n) is 6.54. The van der Waals surface area contributed by atoms with Crippen molar-refractivity contribution < 1.29 is 9.59 Å². The highest BCUT2D eigenvalue weighted by Crippen LogP contribution is 2.32. The van der Waals surface area contributed by atoms with Gasteiger partial charge in [-0.2, -0.15) is 0 Å². The summed E-state index contributed by atoms with van der Waals surface area (Å²) >= 11 is 6.14. The van der Waals surface area contributed by atoms with Crippen LogP contribution in [0.4, 0.5) is 11.4 Å². The van der Waals surface area contributed by atoms with Crippen LogP contribution in [0, 0.1) is 5.92 Å².